The summed E-state index contributed by atoms with van der Waals surface area (Å²) in [5.41, 5.74) is -0.884. The third-order valence-corrected chi connectivity index (χ3v) is 1.88. The van der Waals surface area contributed by atoms with E-state index in [-0.39, 0.29) is 30.5 Å². The van der Waals surface area contributed by atoms with E-state index in [2.05, 4.69) is 0 Å². The number of ether oxygens (including phenoxy) is 1. The first-order valence-electron chi connectivity index (χ1n) is 4.61. The Balaban J connectivity index is 0.00000289. The Hall–Kier alpha value is -2.22. The van der Waals surface area contributed by atoms with Crippen molar-refractivity contribution >= 4 is 17.3 Å². The van der Waals surface area contributed by atoms with E-state index in [1.807, 2.05) is 0 Å². The molecule has 0 aromatic heterocycles. The van der Waals surface area contributed by atoms with Gasteiger partial charge in [0.1, 0.15) is 0 Å². The summed E-state index contributed by atoms with van der Waals surface area (Å²) in [6.45, 7) is 1.84. The summed E-state index contributed by atoms with van der Waals surface area (Å²) in [5.74, 6) is -0.334. The van der Waals surface area contributed by atoms with E-state index < -0.39 is 21.2 Å². The molecule has 0 aliphatic carbocycles. The van der Waals surface area contributed by atoms with Gasteiger partial charge in [0.05, 0.1) is 22.5 Å². The molecule has 0 atom stereocenters. The average molecular weight is 275 g/mol. The second-order valence-corrected chi connectivity index (χ2v) is 3.01. The van der Waals surface area contributed by atoms with Crippen LogP contribution >= 0.6 is 0 Å². The summed E-state index contributed by atoms with van der Waals surface area (Å²) in [4.78, 5) is 19.7. The summed E-state index contributed by atoms with van der Waals surface area (Å²) in [6.07, 6.45) is 0. The Morgan fingerprint density at radius 1 is 1.22 bits per heavy atom. The summed E-state index contributed by atoms with van der Waals surface area (Å²) >= 11 is 0. The third kappa shape index (κ3) is 3.67. The van der Waals surface area contributed by atoms with Crippen LogP contribution in [0, 0.1) is 25.6 Å². The molecule has 0 bridgehead atoms. The molecule has 18 heavy (non-hydrogen) atoms. The second-order valence-electron chi connectivity index (χ2n) is 3.01. The monoisotopic (exact) mass is 274 g/mol. The molecule has 1 rings (SSSR count). The van der Waals surface area contributed by atoms with Crippen molar-refractivity contribution < 1.29 is 27.0 Å². The number of nitro benzene ring substituents is 2. The minimum absolute atomic E-state index is 0. The van der Waals surface area contributed by atoms with Crippen LogP contribution < -0.4 is 12.4 Å². The number of nitrogens with zero attached hydrogens (tertiary/aromatic N) is 2. The van der Waals surface area contributed by atoms with Crippen LogP contribution in [-0.4, -0.2) is 22.4 Å². The zero-order valence-corrected chi connectivity index (χ0v) is 10.0. The molecular weight excluding hydrogens is 266 g/mol. The molecule has 1 aromatic carbocycles. The number of hydrogen-bond donors (Lipinski definition) is 1. The van der Waals surface area contributed by atoms with Crippen LogP contribution in [0.3, 0.4) is 0 Å². The van der Waals surface area contributed by atoms with Gasteiger partial charge in [-0.25, -0.2) is 0 Å². The fourth-order valence-electron chi connectivity index (χ4n) is 1.16. The Bertz CT molecular complexity index is 459. The quantitative estimate of drug-likeness (QED) is 0.322. The maximum atomic E-state index is 10.6. The molecule has 0 heterocycles. The molecule has 98 valence electrons. The number of rotatable bonds is 4. The summed E-state index contributed by atoms with van der Waals surface area (Å²) in [7, 11) is 0. The minimum Gasteiger partial charge on any atom is -1.00 e. The molecule has 0 aliphatic heterocycles. The maximum absolute atomic E-state index is 10.6. The SMILES string of the molecule is CCOC(=N)c1cc([N+](=O)[O-])cc([N+](=O)[O-])c1.[Cl-]. The highest BCUT2D eigenvalue weighted by Crippen LogP contribution is 2.23. The lowest BCUT2D eigenvalue weighted by Gasteiger charge is -2.04. The van der Waals surface area contributed by atoms with Gasteiger partial charge in [0.15, 0.2) is 0 Å². The van der Waals surface area contributed by atoms with Crippen LogP contribution in [0.25, 0.3) is 0 Å². The van der Waals surface area contributed by atoms with E-state index >= 15 is 0 Å². The van der Waals surface area contributed by atoms with Gasteiger partial charge in [-0.15, -0.1) is 0 Å². The van der Waals surface area contributed by atoms with E-state index in [1.54, 1.807) is 6.92 Å². The van der Waals surface area contributed by atoms with Gasteiger partial charge < -0.3 is 17.1 Å². The standard InChI is InChI=1S/C9H9N3O5.ClH/c1-2-17-9(10)6-3-7(11(13)14)5-8(4-6)12(15)16;/h3-5,10H,2H2,1H3;1H/p-1. The number of hydrogen-bond acceptors (Lipinski definition) is 6. The lowest BCUT2D eigenvalue weighted by Crippen LogP contribution is -3.00. The number of nitrogens with one attached hydrogen (secondary N) is 1. The Kier molecular flexibility index (Phi) is 5.70. The molecule has 0 saturated heterocycles. The number of nitro groups is 2. The topological polar surface area (TPSA) is 119 Å². The van der Waals surface area contributed by atoms with Gasteiger partial charge in [-0.2, -0.15) is 0 Å². The van der Waals surface area contributed by atoms with Gasteiger partial charge in [0, 0.05) is 17.7 Å². The first kappa shape index (κ1) is 15.8. The third-order valence-electron chi connectivity index (χ3n) is 1.88. The molecule has 0 saturated carbocycles. The molecule has 8 nitrogen and oxygen atoms in total. The number of benzene rings is 1. The highest BCUT2D eigenvalue weighted by atomic mass is 35.5. The molecule has 0 unspecified atom stereocenters. The smallest absolute Gasteiger partial charge is 0.277 e. The Labute approximate surface area is 108 Å². The fraction of sp³-hybridized carbons (Fsp3) is 0.222. The first-order chi connectivity index (χ1) is 7.95. The summed E-state index contributed by atoms with van der Waals surface area (Å²) < 4.78 is 4.84. The van der Waals surface area contributed by atoms with Crippen molar-refractivity contribution in [3.05, 3.63) is 44.0 Å². The molecule has 0 fully saturated rings. The predicted molar refractivity (Wildman–Crippen MR) is 58.2 cm³/mol. The van der Waals surface area contributed by atoms with Gasteiger partial charge in [-0.3, -0.25) is 25.6 Å². The first-order valence-corrected chi connectivity index (χ1v) is 4.61. The zero-order valence-electron chi connectivity index (χ0n) is 9.25. The largest absolute Gasteiger partial charge is 1.00 e. The maximum Gasteiger partial charge on any atom is 0.277 e. The van der Waals surface area contributed by atoms with E-state index in [1.165, 1.54) is 0 Å². The summed E-state index contributed by atoms with van der Waals surface area (Å²) in [6, 6.07) is 2.96. The zero-order chi connectivity index (χ0) is 13.0. The van der Waals surface area contributed by atoms with Gasteiger partial charge in [0.25, 0.3) is 11.4 Å². The van der Waals surface area contributed by atoms with Crippen LogP contribution in [-0.2, 0) is 4.74 Å². The number of non-ortho nitro benzene ring substituents is 2. The van der Waals surface area contributed by atoms with Crippen molar-refractivity contribution in [2.45, 2.75) is 6.92 Å². The molecule has 9 heteroatoms. The normalized spacial score (nSPS) is 9.17. The Morgan fingerprint density at radius 3 is 2.00 bits per heavy atom. The average Bonchev–Trinajstić information content (AvgIpc) is 2.28. The number of halogens is 1. The molecule has 1 N–H and O–H groups in total. The second kappa shape index (κ2) is 6.50. The highest BCUT2D eigenvalue weighted by Gasteiger charge is 2.18. The van der Waals surface area contributed by atoms with Crippen molar-refractivity contribution in [1.82, 2.24) is 0 Å². The lowest BCUT2D eigenvalue weighted by atomic mass is 10.1. The van der Waals surface area contributed by atoms with Crippen molar-refractivity contribution in [3.63, 3.8) is 0 Å². The highest BCUT2D eigenvalue weighted by molar-refractivity contribution is 5.93. The van der Waals surface area contributed by atoms with Gasteiger partial charge >= 0.3 is 0 Å². The van der Waals surface area contributed by atoms with Crippen molar-refractivity contribution in [3.8, 4) is 0 Å². The van der Waals surface area contributed by atoms with Gasteiger partial charge in [0.2, 0.25) is 5.90 Å². The van der Waals surface area contributed by atoms with Crippen LogP contribution in [0.4, 0.5) is 11.4 Å². The van der Waals surface area contributed by atoms with Crippen molar-refractivity contribution in [2.24, 2.45) is 0 Å². The van der Waals surface area contributed by atoms with Crippen molar-refractivity contribution in [1.29, 1.82) is 5.41 Å². The predicted octanol–water partition coefficient (Wildman–Crippen LogP) is -1.13. The van der Waals surface area contributed by atoms with Crippen LogP contribution in [0.2, 0.25) is 0 Å². The molecule has 0 radical (unpaired) electrons. The van der Waals surface area contributed by atoms with E-state index in [9.17, 15) is 20.2 Å². The Morgan fingerprint density at radius 2 is 1.67 bits per heavy atom. The van der Waals surface area contributed by atoms with Gasteiger partial charge in [-0.05, 0) is 6.92 Å². The van der Waals surface area contributed by atoms with Gasteiger partial charge in [-0.1, -0.05) is 0 Å². The molecule has 1 aromatic rings. The molecular formula is C9H9ClN3O5-. The fourth-order valence-corrected chi connectivity index (χ4v) is 1.16. The summed E-state index contributed by atoms with van der Waals surface area (Å²) in [5, 5.41) is 28.6. The lowest BCUT2D eigenvalue weighted by molar-refractivity contribution is -0.394. The van der Waals surface area contributed by atoms with Crippen LogP contribution in [0.1, 0.15) is 12.5 Å². The van der Waals surface area contributed by atoms with Crippen molar-refractivity contribution in [2.75, 3.05) is 6.61 Å². The molecule has 0 amide bonds. The molecule has 0 spiro atoms. The molecule has 0 aliphatic rings. The van der Waals surface area contributed by atoms with E-state index in [4.69, 9.17) is 10.1 Å². The van der Waals surface area contributed by atoms with E-state index in [0.29, 0.717) is 0 Å². The van der Waals surface area contributed by atoms with Crippen LogP contribution in [0.15, 0.2) is 18.2 Å². The minimum atomic E-state index is -0.754. The van der Waals surface area contributed by atoms with Crippen LogP contribution in [0.5, 0.6) is 0 Å². The van der Waals surface area contributed by atoms with E-state index in [0.717, 1.165) is 18.2 Å².